The van der Waals surface area contributed by atoms with Crippen LogP contribution in [0.3, 0.4) is 0 Å². The topological polar surface area (TPSA) is 58.2 Å². The number of benzene rings is 1. The maximum atomic E-state index is 10.1. The van der Waals surface area contributed by atoms with Gasteiger partial charge in [0.15, 0.2) is 0 Å². The summed E-state index contributed by atoms with van der Waals surface area (Å²) >= 11 is 0. The lowest BCUT2D eigenvalue weighted by molar-refractivity contribution is 0.168. The highest BCUT2D eigenvalue weighted by molar-refractivity contribution is 5.63. The maximum Gasteiger partial charge on any atom is 0.450 e. The molecule has 1 aromatic carbocycles. The minimum Gasteiger partial charge on any atom is -0.494 e. The normalized spacial score (nSPS) is 9.50. The van der Waals surface area contributed by atoms with Crippen molar-refractivity contribution in [3.05, 3.63) is 29.8 Å². The summed E-state index contributed by atoms with van der Waals surface area (Å²) in [6.07, 6.45) is -1.26. The Labute approximate surface area is 82.5 Å². The smallest absolute Gasteiger partial charge is 0.450 e. The number of hydrogen-bond donors (Lipinski definition) is 1. The molecule has 0 saturated heterocycles. The van der Waals surface area contributed by atoms with Crippen LogP contribution >= 0.6 is 0 Å². The van der Waals surface area contributed by atoms with Crippen molar-refractivity contribution in [1.82, 2.24) is 5.32 Å². The van der Waals surface area contributed by atoms with Crippen molar-refractivity contribution in [3.63, 3.8) is 0 Å². The highest BCUT2D eigenvalue weighted by Crippen LogP contribution is 2.11. The van der Waals surface area contributed by atoms with Crippen molar-refractivity contribution in [1.29, 1.82) is 0 Å². The van der Waals surface area contributed by atoms with E-state index in [4.69, 9.17) is 4.74 Å². The molecule has 4 heteroatoms. The van der Waals surface area contributed by atoms with Crippen LogP contribution in [0.5, 0.6) is 5.75 Å². The average molecular weight is 194 g/mol. The number of rotatable bonds is 4. The average Bonchev–Trinajstić information content (AvgIpc) is 2.17. The SMILES string of the molecule is CCOc1ccc(CNC([O])=O)cc1. The van der Waals surface area contributed by atoms with Crippen molar-refractivity contribution in [3.8, 4) is 5.75 Å². The van der Waals surface area contributed by atoms with Gasteiger partial charge in [-0.25, -0.2) is 9.90 Å². The van der Waals surface area contributed by atoms with Crippen LogP contribution in [0.1, 0.15) is 12.5 Å². The van der Waals surface area contributed by atoms with E-state index in [-0.39, 0.29) is 6.54 Å². The van der Waals surface area contributed by atoms with Crippen LogP contribution in [0.25, 0.3) is 0 Å². The van der Waals surface area contributed by atoms with E-state index in [2.05, 4.69) is 5.32 Å². The summed E-state index contributed by atoms with van der Waals surface area (Å²) in [5.74, 6) is 0.782. The molecule has 0 heterocycles. The number of ether oxygens (including phenoxy) is 1. The molecule has 0 atom stereocenters. The molecule has 1 rings (SSSR count). The summed E-state index contributed by atoms with van der Waals surface area (Å²) in [6.45, 7) is 2.79. The van der Waals surface area contributed by atoms with Crippen molar-refractivity contribution in [2.75, 3.05) is 6.61 Å². The van der Waals surface area contributed by atoms with Gasteiger partial charge in [0.1, 0.15) is 5.75 Å². The van der Waals surface area contributed by atoms with Gasteiger partial charge in [0.25, 0.3) is 0 Å². The zero-order chi connectivity index (χ0) is 10.4. The predicted molar refractivity (Wildman–Crippen MR) is 50.5 cm³/mol. The number of hydrogen-bond acceptors (Lipinski definition) is 2. The van der Waals surface area contributed by atoms with E-state index in [0.29, 0.717) is 6.61 Å². The Balaban J connectivity index is 2.50. The van der Waals surface area contributed by atoms with E-state index >= 15 is 0 Å². The first-order valence-electron chi connectivity index (χ1n) is 4.39. The second-order valence-corrected chi connectivity index (χ2v) is 2.72. The van der Waals surface area contributed by atoms with Gasteiger partial charge in [0, 0.05) is 6.54 Å². The van der Waals surface area contributed by atoms with Crippen LogP contribution in [-0.2, 0) is 11.7 Å². The van der Waals surface area contributed by atoms with Crippen LogP contribution in [0.15, 0.2) is 24.3 Å². The molecular weight excluding hydrogens is 182 g/mol. The largest absolute Gasteiger partial charge is 0.494 e. The van der Waals surface area contributed by atoms with E-state index < -0.39 is 6.09 Å². The van der Waals surface area contributed by atoms with E-state index in [1.807, 2.05) is 6.92 Å². The van der Waals surface area contributed by atoms with Crippen LogP contribution in [-0.4, -0.2) is 12.7 Å². The molecule has 0 aliphatic heterocycles. The zero-order valence-electron chi connectivity index (χ0n) is 7.95. The summed E-state index contributed by atoms with van der Waals surface area (Å²) in [5, 5.41) is 12.3. The predicted octanol–water partition coefficient (Wildman–Crippen LogP) is 1.73. The summed E-state index contributed by atoms with van der Waals surface area (Å²) < 4.78 is 5.24. The third-order valence-electron chi connectivity index (χ3n) is 1.67. The number of carbonyl (C=O) groups excluding carboxylic acids is 1. The Morgan fingerprint density at radius 1 is 1.36 bits per heavy atom. The Hall–Kier alpha value is -1.71. The quantitative estimate of drug-likeness (QED) is 0.793. The van der Waals surface area contributed by atoms with Gasteiger partial charge < -0.3 is 10.1 Å². The molecule has 75 valence electrons. The molecule has 0 fully saturated rings. The molecule has 0 aliphatic carbocycles. The fourth-order valence-electron chi connectivity index (χ4n) is 1.04. The lowest BCUT2D eigenvalue weighted by Gasteiger charge is -2.04. The molecule has 1 N–H and O–H groups in total. The van der Waals surface area contributed by atoms with Crippen LogP contribution in [0, 0.1) is 0 Å². The fraction of sp³-hybridized carbons (Fsp3) is 0.300. The van der Waals surface area contributed by atoms with E-state index in [1.54, 1.807) is 24.3 Å². The lowest BCUT2D eigenvalue weighted by atomic mass is 10.2. The molecule has 1 radical (unpaired) electrons. The van der Waals surface area contributed by atoms with Crippen LogP contribution in [0.4, 0.5) is 4.79 Å². The molecular formula is C10H12NO3. The Bertz CT molecular complexity index is 295. The molecule has 0 aliphatic rings. The Morgan fingerprint density at radius 3 is 2.50 bits per heavy atom. The molecule has 0 spiro atoms. The standard InChI is InChI=1S/C10H12NO3/c1-2-14-9-5-3-8(4-6-9)7-11-10(12)13/h3-6,11H,2,7H2,1H3. The highest BCUT2D eigenvalue weighted by Gasteiger charge is 1.98. The molecule has 0 saturated carbocycles. The number of nitrogens with one attached hydrogen (secondary N) is 1. The van der Waals surface area contributed by atoms with Crippen molar-refractivity contribution in [2.24, 2.45) is 0 Å². The molecule has 1 amide bonds. The Kier molecular flexibility index (Phi) is 3.79. The van der Waals surface area contributed by atoms with E-state index in [1.165, 1.54) is 0 Å². The number of carbonyl (C=O) groups is 1. The summed E-state index contributed by atoms with van der Waals surface area (Å²) in [4.78, 5) is 10.1. The van der Waals surface area contributed by atoms with E-state index in [0.717, 1.165) is 11.3 Å². The summed E-state index contributed by atoms with van der Waals surface area (Å²) in [6, 6.07) is 7.22. The maximum absolute atomic E-state index is 10.1. The first kappa shape index (κ1) is 10.4. The first-order valence-corrected chi connectivity index (χ1v) is 4.39. The second-order valence-electron chi connectivity index (χ2n) is 2.72. The molecule has 0 unspecified atom stereocenters. The van der Waals surface area contributed by atoms with Crippen molar-refractivity contribution >= 4 is 6.09 Å². The van der Waals surface area contributed by atoms with Gasteiger partial charge in [-0.15, -0.1) is 0 Å². The van der Waals surface area contributed by atoms with Gasteiger partial charge in [-0.3, -0.25) is 0 Å². The van der Waals surface area contributed by atoms with Gasteiger partial charge in [-0.05, 0) is 24.6 Å². The fourth-order valence-corrected chi connectivity index (χ4v) is 1.04. The van der Waals surface area contributed by atoms with Gasteiger partial charge >= 0.3 is 6.09 Å². The van der Waals surface area contributed by atoms with Crippen molar-refractivity contribution < 1.29 is 14.6 Å². The molecule has 4 nitrogen and oxygen atoms in total. The molecule has 0 aromatic heterocycles. The Morgan fingerprint density at radius 2 is 2.00 bits per heavy atom. The number of amides is 1. The van der Waals surface area contributed by atoms with E-state index in [9.17, 15) is 9.90 Å². The second kappa shape index (κ2) is 5.11. The minimum absolute atomic E-state index is 0.259. The van der Waals surface area contributed by atoms with Gasteiger partial charge in [-0.1, -0.05) is 12.1 Å². The lowest BCUT2D eigenvalue weighted by Crippen LogP contribution is -2.18. The van der Waals surface area contributed by atoms with Gasteiger partial charge in [0.05, 0.1) is 6.61 Å². The van der Waals surface area contributed by atoms with Crippen molar-refractivity contribution in [2.45, 2.75) is 13.5 Å². The monoisotopic (exact) mass is 194 g/mol. The minimum atomic E-state index is -1.26. The highest BCUT2D eigenvalue weighted by atomic mass is 16.5. The third-order valence-corrected chi connectivity index (χ3v) is 1.67. The van der Waals surface area contributed by atoms with Crippen LogP contribution < -0.4 is 10.1 Å². The summed E-state index contributed by atoms with van der Waals surface area (Å²) in [5.41, 5.74) is 0.873. The molecule has 1 aromatic rings. The summed E-state index contributed by atoms with van der Waals surface area (Å²) in [7, 11) is 0. The molecule has 14 heavy (non-hydrogen) atoms. The first-order chi connectivity index (χ1) is 6.72. The van der Waals surface area contributed by atoms with Gasteiger partial charge in [-0.2, -0.15) is 0 Å². The van der Waals surface area contributed by atoms with Crippen LogP contribution in [0.2, 0.25) is 0 Å². The zero-order valence-corrected chi connectivity index (χ0v) is 7.95. The third kappa shape index (κ3) is 3.35. The molecule has 0 bridgehead atoms. The van der Waals surface area contributed by atoms with Gasteiger partial charge in [0.2, 0.25) is 0 Å².